The Bertz CT molecular complexity index is 919. The second kappa shape index (κ2) is 8.02. The molecule has 0 bridgehead atoms. The molecule has 0 saturated carbocycles. The maximum atomic E-state index is 4.46. The molecule has 0 spiro atoms. The normalized spacial score (nSPS) is 10.2. The zero-order chi connectivity index (χ0) is 16.2. The molecule has 1 aromatic heterocycles. The van der Waals surface area contributed by atoms with Crippen molar-refractivity contribution in [3.05, 3.63) is 102 Å². The average molecular weight is 503 g/mol. The van der Waals surface area contributed by atoms with Gasteiger partial charge >= 0.3 is 0 Å². The summed E-state index contributed by atoms with van der Waals surface area (Å²) in [6.45, 7) is 0. The van der Waals surface area contributed by atoms with E-state index in [4.69, 9.17) is 0 Å². The molecule has 125 valence electrons. The average Bonchev–Trinajstić information content (AvgIpc) is 3.07. The maximum absolute atomic E-state index is 4.46. The van der Waals surface area contributed by atoms with Crippen LogP contribution in [0, 0.1) is 6.07 Å². The standard InChI is InChI=1S/C21H16N3.Ir/c1-4-10-17(11-5-1)16-20-22-23-21(18-12-6-2-7-13-18)24(20)19-14-8-3-9-15-19;/h1-12,14-15H,16H2;/q-1;. The number of aromatic nitrogens is 3. The monoisotopic (exact) mass is 503 g/mol. The molecule has 0 fully saturated rings. The Morgan fingerprint density at radius 3 is 2.12 bits per heavy atom. The van der Waals surface area contributed by atoms with E-state index < -0.39 is 0 Å². The predicted molar refractivity (Wildman–Crippen MR) is 94.9 cm³/mol. The minimum absolute atomic E-state index is 0. The molecule has 0 aliphatic carbocycles. The number of rotatable bonds is 4. The molecule has 25 heavy (non-hydrogen) atoms. The smallest absolute Gasteiger partial charge is 0.132 e. The van der Waals surface area contributed by atoms with E-state index in [1.165, 1.54) is 5.56 Å². The van der Waals surface area contributed by atoms with Gasteiger partial charge in [-0.05, 0) is 17.7 Å². The third kappa shape index (κ3) is 3.76. The van der Waals surface area contributed by atoms with Gasteiger partial charge in [-0.25, -0.2) is 0 Å². The van der Waals surface area contributed by atoms with Crippen LogP contribution in [0.15, 0.2) is 84.9 Å². The van der Waals surface area contributed by atoms with Crippen LogP contribution < -0.4 is 0 Å². The molecule has 4 heteroatoms. The van der Waals surface area contributed by atoms with Crippen LogP contribution in [-0.2, 0) is 26.5 Å². The number of benzene rings is 3. The molecule has 3 aromatic carbocycles. The van der Waals surface area contributed by atoms with Gasteiger partial charge in [0.25, 0.3) is 0 Å². The van der Waals surface area contributed by atoms with Gasteiger partial charge in [0.2, 0.25) is 0 Å². The van der Waals surface area contributed by atoms with Crippen LogP contribution in [-0.4, -0.2) is 14.8 Å². The van der Waals surface area contributed by atoms with Gasteiger partial charge in [-0.3, -0.25) is 0 Å². The van der Waals surface area contributed by atoms with Gasteiger partial charge in [0.1, 0.15) is 5.82 Å². The molecule has 4 rings (SSSR count). The molecule has 1 heterocycles. The fourth-order valence-electron chi connectivity index (χ4n) is 2.76. The van der Waals surface area contributed by atoms with E-state index in [-0.39, 0.29) is 20.1 Å². The quantitative estimate of drug-likeness (QED) is 0.389. The minimum Gasteiger partial charge on any atom is -0.320 e. The largest absolute Gasteiger partial charge is 0.320 e. The van der Waals surface area contributed by atoms with E-state index in [1.54, 1.807) is 0 Å². The topological polar surface area (TPSA) is 30.7 Å². The van der Waals surface area contributed by atoms with Crippen molar-refractivity contribution in [1.82, 2.24) is 14.8 Å². The maximum Gasteiger partial charge on any atom is 0.132 e. The van der Waals surface area contributed by atoms with Gasteiger partial charge in [-0.15, -0.1) is 41.0 Å². The number of hydrogen-bond donors (Lipinski definition) is 0. The summed E-state index contributed by atoms with van der Waals surface area (Å²) in [5, 5.41) is 8.90. The number of para-hydroxylation sites is 1. The Morgan fingerprint density at radius 1 is 0.760 bits per heavy atom. The summed E-state index contributed by atoms with van der Waals surface area (Å²) in [7, 11) is 0. The molecular weight excluding hydrogens is 486 g/mol. The predicted octanol–water partition coefficient (Wildman–Crippen LogP) is 4.32. The number of hydrogen-bond acceptors (Lipinski definition) is 2. The van der Waals surface area contributed by atoms with Gasteiger partial charge in [0.15, 0.2) is 0 Å². The Kier molecular flexibility index (Phi) is 5.54. The van der Waals surface area contributed by atoms with Crippen LogP contribution in [0.25, 0.3) is 17.1 Å². The Hall–Kier alpha value is -2.55. The zero-order valence-corrected chi connectivity index (χ0v) is 15.9. The summed E-state index contributed by atoms with van der Waals surface area (Å²) in [4.78, 5) is 0. The molecule has 1 radical (unpaired) electrons. The van der Waals surface area contributed by atoms with Gasteiger partial charge in [0.05, 0.1) is 5.82 Å². The molecular formula is C21H16IrN3-. The van der Waals surface area contributed by atoms with E-state index >= 15 is 0 Å². The first kappa shape index (κ1) is 17.3. The van der Waals surface area contributed by atoms with Crippen LogP contribution >= 0.6 is 0 Å². The SMILES string of the molecule is [Ir].[c-]1ccccc1-c1nnc(Cc2ccccc2)n1-c1ccccc1. The third-order valence-electron chi connectivity index (χ3n) is 3.90. The van der Waals surface area contributed by atoms with Crippen molar-refractivity contribution in [2.75, 3.05) is 0 Å². The molecule has 0 N–H and O–H groups in total. The summed E-state index contributed by atoms with van der Waals surface area (Å²) < 4.78 is 2.11. The summed E-state index contributed by atoms with van der Waals surface area (Å²) in [5.74, 6) is 1.73. The van der Waals surface area contributed by atoms with E-state index in [9.17, 15) is 0 Å². The Morgan fingerprint density at radius 2 is 1.44 bits per heavy atom. The van der Waals surface area contributed by atoms with E-state index in [2.05, 4.69) is 45.1 Å². The first-order valence-electron chi connectivity index (χ1n) is 7.92. The molecule has 0 atom stereocenters. The van der Waals surface area contributed by atoms with E-state index in [0.717, 1.165) is 29.3 Å². The van der Waals surface area contributed by atoms with Gasteiger partial charge in [-0.2, -0.15) is 5.10 Å². The Balaban J connectivity index is 0.00000182. The first-order chi connectivity index (χ1) is 11.9. The number of nitrogens with zero attached hydrogens (tertiary/aromatic N) is 3. The van der Waals surface area contributed by atoms with Gasteiger partial charge in [0, 0.05) is 32.2 Å². The minimum atomic E-state index is 0. The fraction of sp³-hybridized carbons (Fsp3) is 0.0476. The van der Waals surface area contributed by atoms with Crippen molar-refractivity contribution >= 4 is 0 Å². The van der Waals surface area contributed by atoms with Crippen molar-refractivity contribution in [2.24, 2.45) is 0 Å². The van der Waals surface area contributed by atoms with Crippen molar-refractivity contribution in [3.8, 4) is 17.1 Å². The Labute approximate surface area is 160 Å². The molecule has 0 aliphatic rings. The first-order valence-corrected chi connectivity index (χ1v) is 7.92. The van der Waals surface area contributed by atoms with Gasteiger partial charge in [-0.1, -0.05) is 48.5 Å². The van der Waals surface area contributed by atoms with Crippen molar-refractivity contribution in [3.63, 3.8) is 0 Å². The molecule has 0 saturated heterocycles. The third-order valence-corrected chi connectivity index (χ3v) is 3.90. The van der Waals surface area contributed by atoms with Crippen molar-refractivity contribution < 1.29 is 20.1 Å². The summed E-state index contributed by atoms with van der Waals surface area (Å²) in [5.41, 5.74) is 3.21. The molecule has 4 aromatic rings. The second-order valence-corrected chi connectivity index (χ2v) is 5.55. The van der Waals surface area contributed by atoms with Crippen LogP contribution in [0.3, 0.4) is 0 Å². The summed E-state index contributed by atoms with van der Waals surface area (Å²) in [6.07, 6.45) is 0.732. The summed E-state index contributed by atoms with van der Waals surface area (Å²) >= 11 is 0. The molecule has 0 aliphatic heterocycles. The zero-order valence-electron chi connectivity index (χ0n) is 13.5. The van der Waals surface area contributed by atoms with Crippen LogP contribution in [0.5, 0.6) is 0 Å². The van der Waals surface area contributed by atoms with E-state index in [1.807, 2.05) is 60.7 Å². The molecule has 0 unspecified atom stereocenters. The fourth-order valence-corrected chi connectivity index (χ4v) is 2.76. The molecule has 3 nitrogen and oxygen atoms in total. The summed E-state index contributed by atoms with van der Waals surface area (Å²) in [6, 6.07) is 31.7. The van der Waals surface area contributed by atoms with Crippen LogP contribution in [0.4, 0.5) is 0 Å². The van der Waals surface area contributed by atoms with Crippen molar-refractivity contribution in [2.45, 2.75) is 6.42 Å². The van der Waals surface area contributed by atoms with Crippen LogP contribution in [0.1, 0.15) is 11.4 Å². The van der Waals surface area contributed by atoms with Crippen molar-refractivity contribution in [1.29, 1.82) is 0 Å². The molecule has 0 amide bonds. The van der Waals surface area contributed by atoms with Crippen LogP contribution in [0.2, 0.25) is 0 Å². The van der Waals surface area contributed by atoms with E-state index in [0.29, 0.717) is 0 Å². The van der Waals surface area contributed by atoms with Gasteiger partial charge < -0.3 is 4.57 Å². The second-order valence-electron chi connectivity index (χ2n) is 5.55.